The molecule has 1 fully saturated rings. The number of hydrogen-bond donors (Lipinski definition) is 1. The first-order chi connectivity index (χ1) is 15.1. The molecule has 0 bridgehead atoms. The number of hydrogen-bond acceptors (Lipinski definition) is 7. The Morgan fingerprint density at radius 3 is 2.53 bits per heavy atom. The molecule has 2 aromatic rings. The van der Waals surface area contributed by atoms with E-state index in [0.29, 0.717) is 25.5 Å². The number of nitro benzene ring substituents is 1. The van der Waals surface area contributed by atoms with E-state index >= 15 is 0 Å². The Kier molecular flexibility index (Phi) is 6.77. The lowest BCUT2D eigenvalue weighted by Crippen LogP contribution is -2.54. The number of urea groups is 1. The first-order valence-corrected chi connectivity index (χ1v) is 10.4. The predicted molar refractivity (Wildman–Crippen MR) is 124 cm³/mol. The van der Waals surface area contributed by atoms with Gasteiger partial charge in [0.1, 0.15) is 5.57 Å². The second-order valence-corrected chi connectivity index (χ2v) is 8.10. The molecular weight excluding hydrogens is 533 g/mol. The van der Waals surface area contributed by atoms with Gasteiger partial charge in [-0.2, -0.15) is 0 Å². The summed E-state index contributed by atoms with van der Waals surface area (Å²) in [6.45, 7) is 3.74. The lowest BCUT2D eigenvalue weighted by atomic mass is 10.1. The molecule has 10 nitrogen and oxygen atoms in total. The molecule has 0 atom stereocenters. The van der Waals surface area contributed by atoms with Crippen LogP contribution in [0.15, 0.2) is 42.0 Å². The highest BCUT2D eigenvalue weighted by Gasteiger charge is 2.37. The van der Waals surface area contributed by atoms with Crippen molar-refractivity contribution in [3.8, 4) is 11.5 Å². The van der Waals surface area contributed by atoms with E-state index in [-0.39, 0.29) is 23.1 Å². The number of barbiturate groups is 1. The van der Waals surface area contributed by atoms with E-state index in [1.54, 1.807) is 12.1 Å². The van der Waals surface area contributed by atoms with E-state index in [0.717, 1.165) is 6.07 Å². The summed E-state index contributed by atoms with van der Waals surface area (Å²) in [5.41, 5.74) is -0.181. The molecule has 1 N–H and O–H groups in total. The molecule has 1 aliphatic heterocycles. The number of imide groups is 2. The van der Waals surface area contributed by atoms with Crippen molar-refractivity contribution in [3.05, 3.63) is 61.2 Å². The molecular formula is C21H18IN3O7. The van der Waals surface area contributed by atoms with E-state index in [1.807, 2.05) is 13.8 Å². The highest BCUT2D eigenvalue weighted by molar-refractivity contribution is 14.1. The van der Waals surface area contributed by atoms with Crippen molar-refractivity contribution in [1.29, 1.82) is 0 Å². The Morgan fingerprint density at radius 1 is 1.19 bits per heavy atom. The van der Waals surface area contributed by atoms with Crippen LogP contribution in [-0.2, 0) is 9.59 Å². The maximum absolute atomic E-state index is 13.0. The number of anilines is 1. The fourth-order valence-electron chi connectivity index (χ4n) is 2.98. The SMILES string of the molecule is COc1cc(/C=C2\C(=O)NC(=O)N(c3cccc([N+](=O)[O-])c3)C2=O)cc(I)c1OC(C)C. The third-order valence-electron chi connectivity index (χ3n) is 4.32. The highest BCUT2D eigenvalue weighted by atomic mass is 127. The van der Waals surface area contributed by atoms with E-state index in [9.17, 15) is 24.5 Å². The monoisotopic (exact) mass is 551 g/mol. The van der Waals surface area contributed by atoms with Crippen molar-refractivity contribution in [3.63, 3.8) is 0 Å². The number of carbonyl (C=O) groups is 3. The van der Waals surface area contributed by atoms with Crippen LogP contribution < -0.4 is 19.7 Å². The average Bonchev–Trinajstić information content (AvgIpc) is 2.72. The molecule has 0 spiro atoms. The molecule has 2 aromatic carbocycles. The number of rotatable bonds is 6. The van der Waals surface area contributed by atoms with Gasteiger partial charge in [-0.15, -0.1) is 0 Å². The fourth-order valence-corrected chi connectivity index (χ4v) is 3.73. The average molecular weight is 551 g/mol. The second-order valence-electron chi connectivity index (χ2n) is 6.94. The van der Waals surface area contributed by atoms with Crippen molar-refractivity contribution >= 4 is 57.9 Å². The second kappa shape index (κ2) is 9.34. The summed E-state index contributed by atoms with van der Waals surface area (Å²) in [5, 5.41) is 13.1. The Bertz CT molecular complexity index is 1160. The molecule has 166 valence electrons. The van der Waals surface area contributed by atoms with Crippen LogP contribution in [-0.4, -0.2) is 36.0 Å². The zero-order valence-corrected chi connectivity index (χ0v) is 19.4. The maximum atomic E-state index is 13.0. The van der Waals surface area contributed by atoms with E-state index < -0.39 is 22.8 Å². The quantitative estimate of drug-likeness (QED) is 0.191. The third kappa shape index (κ3) is 4.72. The minimum absolute atomic E-state index is 0.0343. The molecule has 0 unspecified atom stereocenters. The Morgan fingerprint density at radius 2 is 1.91 bits per heavy atom. The standard InChI is InChI=1S/C21H18IN3O7/c1-11(2)32-18-16(22)8-12(9-17(18)31-3)7-15-19(26)23-21(28)24(20(15)27)13-5-4-6-14(10-13)25(29)30/h4-11H,1-3H3,(H,23,26,28)/b15-7+. The van der Waals surface area contributed by atoms with Crippen LogP contribution in [0.4, 0.5) is 16.2 Å². The number of carbonyl (C=O) groups excluding carboxylic acids is 3. The van der Waals surface area contributed by atoms with Crippen LogP contribution in [0.3, 0.4) is 0 Å². The van der Waals surface area contributed by atoms with Gasteiger partial charge in [0, 0.05) is 12.1 Å². The van der Waals surface area contributed by atoms with Crippen LogP contribution in [0.5, 0.6) is 11.5 Å². The van der Waals surface area contributed by atoms with Crippen molar-refractivity contribution in [2.45, 2.75) is 20.0 Å². The molecule has 1 heterocycles. The third-order valence-corrected chi connectivity index (χ3v) is 5.12. The minimum atomic E-state index is -0.995. The van der Waals surface area contributed by atoms with Crippen molar-refractivity contribution in [2.24, 2.45) is 0 Å². The van der Waals surface area contributed by atoms with Crippen LogP contribution in [0.1, 0.15) is 19.4 Å². The molecule has 3 rings (SSSR count). The Labute approximate surface area is 196 Å². The minimum Gasteiger partial charge on any atom is -0.493 e. The number of nitrogens with one attached hydrogen (secondary N) is 1. The number of halogens is 1. The summed E-state index contributed by atoms with van der Waals surface area (Å²) < 4.78 is 11.8. The molecule has 1 saturated heterocycles. The van der Waals surface area contributed by atoms with Crippen LogP contribution >= 0.6 is 22.6 Å². The first-order valence-electron chi connectivity index (χ1n) is 9.32. The summed E-state index contributed by atoms with van der Waals surface area (Å²) in [5.74, 6) is -0.848. The number of methoxy groups -OCH3 is 1. The van der Waals surface area contributed by atoms with E-state index in [4.69, 9.17) is 9.47 Å². The molecule has 1 aliphatic rings. The summed E-state index contributed by atoms with van der Waals surface area (Å²) in [7, 11) is 1.47. The van der Waals surface area contributed by atoms with E-state index in [2.05, 4.69) is 27.9 Å². The largest absolute Gasteiger partial charge is 0.493 e. The number of amides is 4. The molecule has 32 heavy (non-hydrogen) atoms. The summed E-state index contributed by atoms with van der Waals surface area (Å²) in [4.78, 5) is 48.9. The zero-order valence-electron chi connectivity index (χ0n) is 17.2. The van der Waals surface area contributed by atoms with Crippen molar-refractivity contribution < 1.29 is 28.8 Å². The lowest BCUT2D eigenvalue weighted by molar-refractivity contribution is -0.384. The Hall–Kier alpha value is -3.48. The van der Waals surface area contributed by atoms with Gasteiger partial charge in [0.05, 0.1) is 27.4 Å². The Balaban J connectivity index is 2.04. The van der Waals surface area contributed by atoms with Crippen molar-refractivity contribution in [1.82, 2.24) is 5.32 Å². The molecule has 11 heteroatoms. The van der Waals surface area contributed by atoms with Gasteiger partial charge in [-0.25, -0.2) is 9.69 Å². The molecule has 0 radical (unpaired) electrons. The van der Waals surface area contributed by atoms with Crippen LogP contribution in [0.25, 0.3) is 6.08 Å². The zero-order chi connectivity index (χ0) is 23.6. The smallest absolute Gasteiger partial charge is 0.335 e. The first kappa shape index (κ1) is 23.2. The number of non-ortho nitro benzene ring substituents is 1. The van der Waals surface area contributed by atoms with Gasteiger partial charge < -0.3 is 9.47 Å². The van der Waals surface area contributed by atoms with Crippen molar-refractivity contribution in [2.75, 3.05) is 12.0 Å². The number of nitrogens with zero attached hydrogens (tertiary/aromatic N) is 2. The van der Waals surface area contributed by atoms with Gasteiger partial charge in [0.2, 0.25) is 0 Å². The van der Waals surface area contributed by atoms with Gasteiger partial charge in [-0.05, 0) is 66.3 Å². The van der Waals surface area contributed by atoms with Crippen LogP contribution in [0, 0.1) is 13.7 Å². The van der Waals surface area contributed by atoms with Gasteiger partial charge >= 0.3 is 6.03 Å². The summed E-state index contributed by atoms with van der Waals surface area (Å²) in [6.07, 6.45) is 1.22. The molecule has 0 saturated carbocycles. The number of ether oxygens (including phenoxy) is 2. The molecule has 4 amide bonds. The van der Waals surface area contributed by atoms with Gasteiger partial charge in [-0.1, -0.05) is 6.07 Å². The summed E-state index contributed by atoms with van der Waals surface area (Å²) in [6, 6.07) is 7.31. The topological polar surface area (TPSA) is 128 Å². The van der Waals surface area contributed by atoms with E-state index in [1.165, 1.54) is 31.4 Å². The summed E-state index contributed by atoms with van der Waals surface area (Å²) >= 11 is 2.05. The maximum Gasteiger partial charge on any atom is 0.335 e. The lowest BCUT2D eigenvalue weighted by Gasteiger charge is -2.26. The van der Waals surface area contributed by atoms with Gasteiger partial charge in [0.15, 0.2) is 11.5 Å². The predicted octanol–water partition coefficient (Wildman–Crippen LogP) is 3.66. The van der Waals surface area contributed by atoms with Crippen LogP contribution in [0.2, 0.25) is 0 Å². The molecule has 0 aliphatic carbocycles. The number of benzene rings is 2. The highest BCUT2D eigenvalue weighted by Crippen LogP contribution is 2.35. The fraction of sp³-hybridized carbons (Fsp3) is 0.190. The van der Waals surface area contributed by atoms with Gasteiger partial charge in [0.25, 0.3) is 17.5 Å². The van der Waals surface area contributed by atoms with Gasteiger partial charge in [-0.3, -0.25) is 25.0 Å². The normalized spacial score (nSPS) is 15.2. The number of nitro groups is 1. The molecule has 0 aromatic heterocycles.